The Morgan fingerprint density at radius 1 is 0.712 bits per heavy atom. The average molecular weight is 774 g/mol. The number of carbonyl (C=O) groups excluding carboxylic acids is 5. The molecule has 2 fully saturated rings. The Balaban J connectivity index is 0. The molecule has 0 saturated heterocycles. The minimum Gasteiger partial charge on any atom is -0.548 e. The number of quaternary nitrogens is 1. The quantitative estimate of drug-likeness (QED) is 0.0648. The number of alkyl carbamates (subject to hydrolysis) is 2. The smallest absolute Gasteiger partial charge is 0.515 e. The van der Waals surface area contributed by atoms with E-state index in [9.17, 15) is 29.1 Å². The zero-order chi connectivity index (χ0) is 40.2. The van der Waals surface area contributed by atoms with E-state index in [0.29, 0.717) is 0 Å². The van der Waals surface area contributed by atoms with Crippen LogP contribution < -0.4 is 21.1 Å². The number of ether oxygens (including phenoxy) is 6. The van der Waals surface area contributed by atoms with Crippen LogP contribution in [0.15, 0.2) is 0 Å². The zero-order valence-corrected chi connectivity index (χ0v) is 33.4. The van der Waals surface area contributed by atoms with Gasteiger partial charge in [0.25, 0.3) is 0 Å². The van der Waals surface area contributed by atoms with Gasteiger partial charge in [-0.2, -0.15) is 0 Å². The second kappa shape index (κ2) is 29.5. The lowest BCUT2D eigenvalue weighted by atomic mass is 9.91. The van der Waals surface area contributed by atoms with Crippen molar-refractivity contribution < 1.29 is 72.6 Å². The summed E-state index contributed by atoms with van der Waals surface area (Å²) in [6.45, 7) is 9.71. The first-order chi connectivity index (χ1) is 24.3. The number of amides is 2. The van der Waals surface area contributed by atoms with Crippen LogP contribution in [0.1, 0.15) is 106 Å². The number of nitrogens with one attached hydrogen (secondary N) is 2. The molecular formula is C34H64ClN3O14. The van der Waals surface area contributed by atoms with Crippen molar-refractivity contribution in [3.63, 3.8) is 0 Å². The number of nitrogens with two attached hydrogens (primary N) is 1. The number of aliphatic carboxylic acids is 1. The normalized spacial score (nSPS) is 16.0. The Hall–Kier alpha value is -2.96. The summed E-state index contributed by atoms with van der Waals surface area (Å²) in [7, 11) is 5.12. The lowest BCUT2D eigenvalue weighted by Gasteiger charge is -2.27. The predicted octanol–water partition coefficient (Wildman–Crippen LogP) is 3.09. The number of carboxylic acids is 1. The van der Waals surface area contributed by atoms with Gasteiger partial charge in [0.15, 0.2) is 12.1 Å². The molecule has 18 heteroatoms. The topological polar surface area (TPSA) is 223 Å². The standard InChI is InChI=1S/C12H23N.C11H19NO7.C9H17NO5.C2H5ClO2/c1-3-7-11(8-4-1)13-12-9-5-2-6-10-12;1-11(2,3)19-9(14)12-7(6-16-4)8(13)18-10(15)17-5;1-9(2,3)15-8(13)10-6(5-14-4)7(11)12;1-4-5-2-3/h11-13H,1-10H2;7H,6H2,1-5H3,(H,12,14);6H,5H2,1-4H3,(H,10,13)(H,11,12);2H2,1H3/t;7-;6-;/m.00./s1. The lowest BCUT2D eigenvalue weighted by Crippen LogP contribution is -2.95. The Morgan fingerprint density at radius 2 is 1.12 bits per heavy atom. The van der Waals surface area contributed by atoms with Gasteiger partial charge < -0.3 is 54.3 Å². The van der Waals surface area contributed by atoms with Crippen molar-refractivity contribution in [2.24, 2.45) is 0 Å². The molecule has 2 saturated carbocycles. The van der Waals surface area contributed by atoms with Gasteiger partial charge in [0, 0.05) is 14.2 Å². The summed E-state index contributed by atoms with van der Waals surface area (Å²) in [5.74, 6) is -2.41. The number of halogens is 1. The molecule has 4 N–H and O–H groups in total. The highest BCUT2D eigenvalue weighted by atomic mass is 35.5. The van der Waals surface area contributed by atoms with Crippen LogP contribution in [0.3, 0.4) is 0 Å². The van der Waals surface area contributed by atoms with Crippen LogP contribution in [0.2, 0.25) is 0 Å². The molecule has 2 aliphatic rings. The first kappa shape index (κ1) is 51.1. The van der Waals surface area contributed by atoms with Crippen LogP contribution >= 0.6 is 11.6 Å². The maximum Gasteiger partial charge on any atom is 0.515 e. The molecule has 0 aliphatic heterocycles. The van der Waals surface area contributed by atoms with Gasteiger partial charge in [-0.25, -0.2) is 29.0 Å². The third-order valence-electron chi connectivity index (χ3n) is 6.97. The summed E-state index contributed by atoms with van der Waals surface area (Å²) < 4.78 is 27.7. The molecule has 0 aromatic carbocycles. The van der Waals surface area contributed by atoms with E-state index in [2.05, 4.69) is 39.9 Å². The second-order valence-electron chi connectivity index (χ2n) is 13.9. The van der Waals surface area contributed by atoms with Crippen molar-refractivity contribution in [1.29, 1.82) is 0 Å². The second-order valence-corrected chi connectivity index (χ2v) is 14.1. The monoisotopic (exact) mass is 773 g/mol. The highest BCUT2D eigenvalue weighted by Gasteiger charge is 2.28. The number of esters is 1. The molecule has 0 aromatic heterocycles. The average Bonchev–Trinajstić information content (AvgIpc) is 3.05. The van der Waals surface area contributed by atoms with Gasteiger partial charge in [0.05, 0.1) is 51.5 Å². The highest BCUT2D eigenvalue weighted by Crippen LogP contribution is 2.18. The molecule has 17 nitrogen and oxygen atoms in total. The Bertz CT molecular complexity index is 977. The van der Waals surface area contributed by atoms with Crippen molar-refractivity contribution >= 4 is 41.9 Å². The van der Waals surface area contributed by atoms with E-state index in [1.807, 2.05) is 0 Å². The molecule has 0 aromatic rings. The number of carboxylic acid groups (broad SMARTS) is 1. The van der Waals surface area contributed by atoms with E-state index in [4.69, 9.17) is 25.8 Å². The minimum absolute atomic E-state index is 0.0938. The van der Waals surface area contributed by atoms with Crippen LogP contribution in [0.25, 0.3) is 0 Å². The van der Waals surface area contributed by atoms with Crippen LogP contribution in [0.5, 0.6) is 0 Å². The third-order valence-corrected chi connectivity index (χ3v) is 7.06. The fourth-order valence-corrected chi connectivity index (χ4v) is 4.94. The first-order valence-electron chi connectivity index (χ1n) is 17.4. The fraction of sp³-hybridized carbons (Fsp3) is 0.853. The number of hydrogen-bond donors (Lipinski definition) is 3. The van der Waals surface area contributed by atoms with Crippen LogP contribution in [0, 0.1) is 0 Å². The molecule has 0 bridgehead atoms. The van der Waals surface area contributed by atoms with Crippen LogP contribution in [-0.4, -0.2) is 113 Å². The molecule has 0 heterocycles. The molecule has 52 heavy (non-hydrogen) atoms. The maximum absolute atomic E-state index is 11.5. The van der Waals surface area contributed by atoms with Crippen molar-refractivity contribution in [3.8, 4) is 0 Å². The van der Waals surface area contributed by atoms with Crippen molar-refractivity contribution in [2.75, 3.05) is 47.7 Å². The first-order valence-corrected chi connectivity index (χ1v) is 17.9. The molecule has 306 valence electrons. The SMILES string of the molecule is C1CCC([NH2+]C2CCCCC2)CC1.COC[C@H](NC(=O)OC(C)(C)C)C(=O)OC(=O)OC.COC[C@H](NC(=O)OC(C)(C)C)C(=O)[O-].COOCCl. The molecule has 0 unspecified atom stereocenters. The number of carbonyl (C=O) groups is 5. The fourth-order valence-electron chi connectivity index (χ4n) is 4.85. The summed E-state index contributed by atoms with van der Waals surface area (Å²) in [5, 5.41) is 17.6. The van der Waals surface area contributed by atoms with Crippen molar-refractivity contribution in [1.82, 2.24) is 10.6 Å². The van der Waals surface area contributed by atoms with Crippen LogP contribution in [-0.2, 0) is 47.8 Å². The van der Waals surface area contributed by atoms with Gasteiger partial charge >= 0.3 is 24.3 Å². The van der Waals surface area contributed by atoms with E-state index in [-0.39, 0.29) is 19.3 Å². The molecule has 0 spiro atoms. The molecule has 2 rings (SSSR count). The molecule has 2 aliphatic carbocycles. The van der Waals surface area contributed by atoms with Crippen molar-refractivity contribution in [2.45, 2.75) is 141 Å². The lowest BCUT2D eigenvalue weighted by molar-refractivity contribution is -0.725. The Labute approximate surface area is 313 Å². The van der Waals surface area contributed by atoms with Gasteiger partial charge in [-0.15, -0.1) is 0 Å². The molecule has 0 radical (unpaired) electrons. The minimum atomic E-state index is -1.41. The van der Waals surface area contributed by atoms with Gasteiger partial charge in [0.2, 0.25) is 0 Å². The number of methoxy groups -OCH3 is 3. The van der Waals surface area contributed by atoms with Gasteiger partial charge in [-0.3, -0.25) is 0 Å². The van der Waals surface area contributed by atoms with E-state index in [0.717, 1.165) is 19.2 Å². The summed E-state index contributed by atoms with van der Waals surface area (Å²) in [5.41, 5.74) is -1.39. The Morgan fingerprint density at radius 3 is 1.42 bits per heavy atom. The Kier molecular flexibility index (Phi) is 29.0. The predicted molar refractivity (Wildman–Crippen MR) is 188 cm³/mol. The van der Waals surface area contributed by atoms with E-state index in [1.54, 1.807) is 41.5 Å². The van der Waals surface area contributed by atoms with Gasteiger partial charge in [-0.05, 0) is 92.9 Å². The molecule has 2 amide bonds. The van der Waals surface area contributed by atoms with E-state index in [1.165, 1.54) is 85.5 Å². The van der Waals surface area contributed by atoms with Gasteiger partial charge in [0.1, 0.15) is 11.2 Å². The largest absolute Gasteiger partial charge is 0.548 e. The summed E-state index contributed by atoms with van der Waals surface area (Å²) in [6, 6.07) is -0.284. The highest BCUT2D eigenvalue weighted by molar-refractivity contribution is 6.17. The number of hydrogen-bond acceptors (Lipinski definition) is 14. The maximum atomic E-state index is 11.5. The third kappa shape index (κ3) is 30.6. The number of alkyl halides is 1. The van der Waals surface area contributed by atoms with Crippen LogP contribution in [0.4, 0.5) is 14.4 Å². The van der Waals surface area contributed by atoms with E-state index < -0.39 is 53.6 Å². The zero-order valence-electron chi connectivity index (χ0n) is 32.7. The van der Waals surface area contributed by atoms with E-state index >= 15 is 0 Å². The summed E-state index contributed by atoms with van der Waals surface area (Å²) >= 11 is 4.95. The summed E-state index contributed by atoms with van der Waals surface area (Å²) in [6.07, 6.45) is 12.1. The van der Waals surface area contributed by atoms with Crippen molar-refractivity contribution in [3.05, 3.63) is 0 Å². The molecular weight excluding hydrogens is 710 g/mol. The molecule has 2 atom stereocenters. The number of rotatable bonds is 12. The summed E-state index contributed by atoms with van der Waals surface area (Å²) in [4.78, 5) is 63.7. The van der Waals surface area contributed by atoms with Gasteiger partial charge in [-0.1, -0.05) is 24.4 Å².